The summed E-state index contributed by atoms with van der Waals surface area (Å²) in [6.07, 6.45) is 0.616. The highest BCUT2D eigenvalue weighted by molar-refractivity contribution is 9.10. The molecule has 110 valence electrons. The van der Waals surface area contributed by atoms with E-state index in [1.54, 1.807) is 6.07 Å². The lowest BCUT2D eigenvalue weighted by atomic mass is 10.1. The number of rotatable bonds is 5. The Morgan fingerprint density at radius 1 is 1.45 bits per heavy atom. The Hall–Kier alpha value is -0.0700. The zero-order valence-electron chi connectivity index (χ0n) is 11.2. The minimum Gasteiger partial charge on any atom is -0.388 e. The Balaban J connectivity index is 2.29. The third-order valence-electron chi connectivity index (χ3n) is 3.12. The van der Waals surface area contributed by atoms with Crippen LogP contribution in [0.1, 0.15) is 36.9 Å². The predicted octanol–water partition coefficient (Wildman–Crippen LogP) is 4.87. The van der Waals surface area contributed by atoms with Crippen LogP contribution in [-0.4, -0.2) is 14.9 Å². The van der Waals surface area contributed by atoms with Gasteiger partial charge in [0.25, 0.3) is 0 Å². The van der Waals surface area contributed by atoms with Gasteiger partial charge in [0.2, 0.25) is 0 Å². The molecule has 0 aliphatic rings. The number of aliphatic hydroxyl groups is 1. The summed E-state index contributed by atoms with van der Waals surface area (Å²) in [5, 5.41) is 14.9. The van der Waals surface area contributed by atoms with Crippen molar-refractivity contribution in [2.24, 2.45) is 0 Å². The van der Waals surface area contributed by atoms with Gasteiger partial charge in [-0.15, -0.1) is 11.3 Å². The van der Waals surface area contributed by atoms with E-state index in [0.717, 1.165) is 28.8 Å². The van der Waals surface area contributed by atoms with Crippen LogP contribution in [0.15, 0.2) is 10.5 Å². The molecule has 1 N–H and O–H groups in total. The summed E-state index contributed by atoms with van der Waals surface area (Å²) in [7, 11) is 0. The number of hydrogen-bond acceptors (Lipinski definition) is 3. The summed E-state index contributed by atoms with van der Waals surface area (Å²) in [5.41, 5.74) is 2.66. The van der Waals surface area contributed by atoms with E-state index >= 15 is 0 Å². The van der Waals surface area contributed by atoms with Crippen molar-refractivity contribution in [2.45, 2.75) is 39.3 Å². The van der Waals surface area contributed by atoms with Gasteiger partial charge in [-0.3, -0.25) is 4.68 Å². The van der Waals surface area contributed by atoms with Gasteiger partial charge >= 0.3 is 0 Å². The van der Waals surface area contributed by atoms with Gasteiger partial charge in [0.1, 0.15) is 4.34 Å². The normalized spacial score (nSPS) is 12.9. The van der Waals surface area contributed by atoms with Crippen molar-refractivity contribution in [3.05, 3.63) is 36.2 Å². The molecule has 20 heavy (non-hydrogen) atoms. The standard InChI is InChI=1S/C13H15BrCl2N2OS/c1-3-8-12(14)9(18(4-2)17-8)6-10(19)7-5-11(15)20-13(7)16/h5,10,19H,3-4,6H2,1-2H3. The second-order valence-corrected chi connectivity index (χ2v) is 7.45. The number of nitrogens with zero attached hydrogens (tertiary/aromatic N) is 2. The van der Waals surface area contributed by atoms with E-state index in [9.17, 15) is 5.11 Å². The van der Waals surface area contributed by atoms with Crippen LogP contribution in [0.3, 0.4) is 0 Å². The number of hydrogen-bond donors (Lipinski definition) is 1. The van der Waals surface area contributed by atoms with Crippen molar-refractivity contribution in [3.8, 4) is 0 Å². The maximum Gasteiger partial charge on any atom is 0.100 e. The lowest BCUT2D eigenvalue weighted by molar-refractivity contribution is 0.176. The number of aliphatic hydroxyl groups excluding tert-OH is 1. The van der Waals surface area contributed by atoms with Crippen LogP contribution in [-0.2, 0) is 19.4 Å². The second-order valence-electron chi connectivity index (χ2n) is 4.38. The molecule has 0 aliphatic carbocycles. The summed E-state index contributed by atoms with van der Waals surface area (Å²) in [4.78, 5) is 0. The molecule has 0 amide bonds. The molecule has 2 aromatic heterocycles. The van der Waals surface area contributed by atoms with E-state index in [-0.39, 0.29) is 0 Å². The van der Waals surface area contributed by atoms with Crippen LogP contribution in [0, 0.1) is 0 Å². The molecule has 0 fully saturated rings. The Labute approximate surface area is 140 Å². The van der Waals surface area contributed by atoms with Crippen molar-refractivity contribution in [1.29, 1.82) is 0 Å². The first-order valence-corrected chi connectivity index (χ1v) is 8.71. The van der Waals surface area contributed by atoms with Gasteiger partial charge in [-0.2, -0.15) is 5.10 Å². The van der Waals surface area contributed by atoms with E-state index in [1.807, 2.05) is 11.6 Å². The highest BCUT2D eigenvalue weighted by Gasteiger charge is 2.21. The first-order valence-electron chi connectivity index (χ1n) is 6.34. The van der Waals surface area contributed by atoms with Crippen molar-refractivity contribution < 1.29 is 5.11 Å². The van der Waals surface area contributed by atoms with Crippen LogP contribution < -0.4 is 0 Å². The van der Waals surface area contributed by atoms with Crippen molar-refractivity contribution >= 4 is 50.5 Å². The van der Waals surface area contributed by atoms with Gasteiger partial charge in [-0.25, -0.2) is 0 Å². The topological polar surface area (TPSA) is 38.0 Å². The first-order chi connectivity index (χ1) is 9.47. The molecular weight excluding hydrogens is 383 g/mol. The Morgan fingerprint density at radius 3 is 2.65 bits per heavy atom. The Kier molecular flexibility index (Phi) is 5.54. The molecule has 3 nitrogen and oxygen atoms in total. The maximum absolute atomic E-state index is 10.4. The molecule has 0 bridgehead atoms. The van der Waals surface area contributed by atoms with Crippen LogP contribution in [0.5, 0.6) is 0 Å². The highest BCUT2D eigenvalue weighted by Crippen LogP contribution is 2.37. The lowest BCUT2D eigenvalue weighted by Gasteiger charge is -2.11. The summed E-state index contributed by atoms with van der Waals surface area (Å²) in [5.74, 6) is 0. The van der Waals surface area contributed by atoms with E-state index in [4.69, 9.17) is 23.2 Å². The second kappa shape index (κ2) is 6.79. The first kappa shape index (κ1) is 16.3. The van der Waals surface area contributed by atoms with E-state index in [1.165, 1.54) is 11.3 Å². The van der Waals surface area contributed by atoms with Gasteiger partial charge in [0, 0.05) is 18.5 Å². The number of aromatic nitrogens is 2. The molecule has 2 heterocycles. The molecule has 1 unspecified atom stereocenters. The highest BCUT2D eigenvalue weighted by atomic mass is 79.9. The molecule has 1 atom stereocenters. The molecule has 0 radical (unpaired) electrons. The van der Waals surface area contributed by atoms with Gasteiger partial charge < -0.3 is 5.11 Å². The largest absolute Gasteiger partial charge is 0.388 e. The minimum absolute atomic E-state index is 0.453. The fraction of sp³-hybridized carbons (Fsp3) is 0.462. The van der Waals surface area contributed by atoms with E-state index in [2.05, 4.69) is 28.0 Å². The van der Waals surface area contributed by atoms with E-state index in [0.29, 0.717) is 20.7 Å². The third-order valence-corrected chi connectivity index (χ3v) is 5.56. The summed E-state index contributed by atoms with van der Waals surface area (Å²) in [6, 6.07) is 1.72. The summed E-state index contributed by atoms with van der Waals surface area (Å²) >= 11 is 16.9. The molecular formula is C13H15BrCl2N2OS. The molecule has 0 aromatic carbocycles. The number of thiophene rings is 1. The number of halogens is 3. The van der Waals surface area contributed by atoms with Gasteiger partial charge in [-0.1, -0.05) is 30.1 Å². The zero-order chi connectivity index (χ0) is 14.9. The summed E-state index contributed by atoms with van der Waals surface area (Å²) < 4.78 is 4.00. The minimum atomic E-state index is -0.686. The van der Waals surface area contributed by atoms with Gasteiger partial charge in [0.15, 0.2) is 0 Å². The van der Waals surface area contributed by atoms with Gasteiger partial charge in [0.05, 0.1) is 26.3 Å². The number of aryl methyl sites for hydroxylation is 2. The van der Waals surface area contributed by atoms with Crippen molar-refractivity contribution in [2.75, 3.05) is 0 Å². The fourth-order valence-electron chi connectivity index (χ4n) is 2.09. The molecule has 2 aromatic rings. The van der Waals surface area contributed by atoms with Crippen LogP contribution in [0.4, 0.5) is 0 Å². The van der Waals surface area contributed by atoms with Crippen molar-refractivity contribution in [1.82, 2.24) is 9.78 Å². The molecule has 7 heteroatoms. The monoisotopic (exact) mass is 396 g/mol. The average Bonchev–Trinajstić information content (AvgIpc) is 2.90. The van der Waals surface area contributed by atoms with Crippen molar-refractivity contribution in [3.63, 3.8) is 0 Å². The smallest absolute Gasteiger partial charge is 0.100 e. The predicted molar refractivity (Wildman–Crippen MR) is 88.0 cm³/mol. The van der Waals surface area contributed by atoms with Gasteiger partial charge in [-0.05, 0) is 35.3 Å². The molecule has 0 aliphatic heterocycles. The maximum atomic E-state index is 10.4. The Bertz CT molecular complexity index is 612. The Morgan fingerprint density at radius 2 is 2.15 bits per heavy atom. The average molecular weight is 398 g/mol. The molecule has 0 spiro atoms. The molecule has 0 saturated heterocycles. The van der Waals surface area contributed by atoms with E-state index < -0.39 is 6.10 Å². The quantitative estimate of drug-likeness (QED) is 0.781. The zero-order valence-corrected chi connectivity index (χ0v) is 15.1. The third kappa shape index (κ3) is 3.22. The van der Waals surface area contributed by atoms with Crippen LogP contribution >= 0.6 is 50.5 Å². The molecule has 0 saturated carbocycles. The SMILES string of the molecule is CCc1nn(CC)c(CC(O)c2cc(Cl)sc2Cl)c1Br. The summed E-state index contributed by atoms with van der Waals surface area (Å²) in [6.45, 7) is 4.85. The van der Waals surface area contributed by atoms with Crippen LogP contribution in [0.2, 0.25) is 8.67 Å². The molecule has 2 rings (SSSR count). The lowest BCUT2D eigenvalue weighted by Crippen LogP contribution is -2.08. The fourth-order valence-corrected chi connectivity index (χ4v) is 4.38. The van der Waals surface area contributed by atoms with Crippen LogP contribution in [0.25, 0.3) is 0 Å².